The number of amides is 1. The van der Waals surface area contributed by atoms with E-state index in [1.165, 1.54) is 20.3 Å². The number of halogens is 1. The van der Waals surface area contributed by atoms with E-state index in [9.17, 15) is 9.18 Å². The van der Waals surface area contributed by atoms with Crippen LogP contribution in [0.5, 0.6) is 11.5 Å². The second-order valence-corrected chi connectivity index (χ2v) is 4.90. The summed E-state index contributed by atoms with van der Waals surface area (Å²) in [6.07, 6.45) is 2.20. The fraction of sp³-hybridized carbons (Fsp3) is 0.500. The van der Waals surface area contributed by atoms with Gasteiger partial charge in [-0.05, 0) is 24.8 Å². The van der Waals surface area contributed by atoms with Crippen molar-refractivity contribution >= 4 is 5.91 Å². The van der Waals surface area contributed by atoms with Crippen LogP contribution in [-0.2, 0) is 0 Å². The molecule has 0 aromatic heterocycles. The summed E-state index contributed by atoms with van der Waals surface area (Å²) in [4.78, 5) is 12.0. The van der Waals surface area contributed by atoms with Crippen molar-refractivity contribution in [3.8, 4) is 11.5 Å². The SMILES string of the molecule is COc1cc(F)c(C(=O)NCC(N)C2CC2)cc1OC. The second-order valence-electron chi connectivity index (χ2n) is 4.90. The molecule has 110 valence electrons. The molecule has 1 aliphatic carbocycles. The highest BCUT2D eigenvalue weighted by Gasteiger charge is 2.28. The molecule has 3 N–H and O–H groups in total. The standard InChI is InChI=1S/C14H19FN2O3/c1-19-12-5-9(10(15)6-13(12)20-2)14(18)17-7-11(16)8-3-4-8/h5-6,8,11H,3-4,7,16H2,1-2H3,(H,17,18). The molecule has 1 atom stereocenters. The molecule has 1 aliphatic rings. The number of methoxy groups -OCH3 is 2. The number of rotatable bonds is 6. The number of nitrogens with one attached hydrogen (secondary N) is 1. The largest absolute Gasteiger partial charge is 0.493 e. The first-order valence-electron chi connectivity index (χ1n) is 6.52. The molecule has 1 amide bonds. The molecule has 0 bridgehead atoms. The maximum atomic E-state index is 13.9. The molecule has 0 saturated heterocycles. The van der Waals surface area contributed by atoms with Crippen LogP contribution in [0.1, 0.15) is 23.2 Å². The minimum atomic E-state index is -0.653. The van der Waals surface area contributed by atoms with Gasteiger partial charge in [0.25, 0.3) is 5.91 Å². The molecule has 2 rings (SSSR count). The Hall–Kier alpha value is -1.82. The van der Waals surface area contributed by atoms with Crippen molar-refractivity contribution in [2.75, 3.05) is 20.8 Å². The number of benzene rings is 1. The molecule has 1 fully saturated rings. The number of carbonyl (C=O) groups excluding carboxylic acids is 1. The quantitative estimate of drug-likeness (QED) is 0.825. The van der Waals surface area contributed by atoms with Crippen molar-refractivity contribution in [1.29, 1.82) is 0 Å². The van der Waals surface area contributed by atoms with E-state index < -0.39 is 11.7 Å². The lowest BCUT2D eigenvalue weighted by molar-refractivity contribution is 0.0945. The summed E-state index contributed by atoms with van der Waals surface area (Å²) in [5.41, 5.74) is 5.81. The molecule has 6 heteroatoms. The molecule has 0 spiro atoms. The normalized spacial score (nSPS) is 15.6. The van der Waals surface area contributed by atoms with Crippen LogP contribution in [0.4, 0.5) is 4.39 Å². The second kappa shape index (κ2) is 6.09. The van der Waals surface area contributed by atoms with Crippen LogP contribution >= 0.6 is 0 Å². The van der Waals surface area contributed by atoms with Gasteiger partial charge in [-0.3, -0.25) is 4.79 Å². The molecule has 1 aromatic rings. The molecular formula is C14H19FN2O3. The fourth-order valence-corrected chi connectivity index (χ4v) is 2.03. The molecule has 1 saturated carbocycles. The van der Waals surface area contributed by atoms with Crippen LogP contribution in [0.15, 0.2) is 12.1 Å². The summed E-state index contributed by atoms with van der Waals surface area (Å²) >= 11 is 0. The average Bonchev–Trinajstić information content (AvgIpc) is 3.28. The van der Waals surface area contributed by atoms with Gasteiger partial charge in [0, 0.05) is 18.7 Å². The minimum Gasteiger partial charge on any atom is -0.493 e. The highest BCUT2D eigenvalue weighted by molar-refractivity contribution is 5.95. The van der Waals surface area contributed by atoms with Gasteiger partial charge >= 0.3 is 0 Å². The van der Waals surface area contributed by atoms with Crippen molar-refractivity contribution in [3.05, 3.63) is 23.5 Å². The summed E-state index contributed by atoms with van der Waals surface area (Å²) in [7, 11) is 2.84. The Kier molecular flexibility index (Phi) is 4.44. The third-order valence-electron chi connectivity index (χ3n) is 3.44. The Morgan fingerprint density at radius 3 is 2.55 bits per heavy atom. The van der Waals surface area contributed by atoms with Crippen LogP contribution < -0.4 is 20.5 Å². The maximum Gasteiger partial charge on any atom is 0.254 e. The van der Waals surface area contributed by atoms with Crippen molar-refractivity contribution < 1.29 is 18.7 Å². The van der Waals surface area contributed by atoms with Crippen LogP contribution in [-0.4, -0.2) is 32.7 Å². The zero-order chi connectivity index (χ0) is 14.7. The van der Waals surface area contributed by atoms with Gasteiger partial charge in [-0.1, -0.05) is 0 Å². The Labute approximate surface area is 117 Å². The van der Waals surface area contributed by atoms with Crippen LogP contribution in [0, 0.1) is 11.7 Å². The fourth-order valence-electron chi connectivity index (χ4n) is 2.03. The summed E-state index contributed by atoms with van der Waals surface area (Å²) in [6, 6.07) is 2.39. The van der Waals surface area contributed by atoms with E-state index >= 15 is 0 Å². The zero-order valence-electron chi connectivity index (χ0n) is 11.6. The lowest BCUT2D eigenvalue weighted by atomic mass is 10.1. The monoisotopic (exact) mass is 282 g/mol. The highest BCUT2D eigenvalue weighted by Crippen LogP contribution is 2.31. The molecular weight excluding hydrogens is 263 g/mol. The van der Waals surface area contributed by atoms with Gasteiger partial charge in [0.2, 0.25) is 0 Å². The molecule has 1 aromatic carbocycles. The smallest absolute Gasteiger partial charge is 0.254 e. The Morgan fingerprint density at radius 1 is 1.40 bits per heavy atom. The van der Waals surface area contributed by atoms with E-state index in [1.807, 2.05) is 0 Å². The maximum absolute atomic E-state index is 13.9. The van der Waals surface area contributed by atoms with Gasteiger partial charge in [0.15, 0.2) is 11.5 Å². The highest BCUT2D eigenvalue weighted by atomic mass is 19.1. The van der Waals surface area contributed by atoms with E-state index in [0.29, 0.717) is 18.2 Å². The third-order valence-corrected chi connectivity index (χ3v) is 3.44. The predicted molar refractivity (Wildman–Crippen MR) is 72.5 cm³/mol. The van der Waals surface area contributed by atoms with E-state index in [0.717, 1.165) is 18.9 Å². The lowest BCUT2D eigenvalue weighted by Crippen LogP contribution is -2.38. The third kappa shape index (κ3) is 3.19. The molecule has 5 nitrogen and oxygen atoms in total. The first-order valence-corrected chi connectivity index (χ1v) is 6.52. The summed E-state index contributed by atoms with van der Waals surface area (Å²) in [5.74, 6) is -0.118. The van der Waals surface area contributed by atoms with E-state index in [4.69, 9.17) is 15.2 Å². The van der Waals surface area contributed by atoms with Crippen molar-refractivity contribution in [2.45, 2.75) is 18.9 Å². The number of ether oxygens (including phenoxy) is 2. The average molecular weight is 282 g/mol. The molecule has 1 unspecified atom stereocenters. The molecule has 20 heavy (non-hydrogen) atoms. The van der Waals surface area contributed by atoms with Crippen molar-refractivity contribution in [3.63, 3.8) is 0 Å². The summed E-state index contributed by atoms with van der Waals surface area (Å²) in [5, 5.41) is 2.65. The van der Waals surface area contributed by atoms with Gasteiger partial charge in [0.05, 0.1) is 19.8 Å². The predicted octanol–water partition coefficient (Wildman–Crippen LogP) is 1.31. The molecule has 0 aliphatic heterocycles. The van der Waals surface area contributed by atoms with Gasteiger partial charge < -0.3 is 20.5 Å². The first-order chi connectivity index (χ1) is 9.56. The number of nitrogens with two attached hydrogens (primary N) is 1. The topological polar surface area (TPSA) is 73.6 Å². The van der Waals surface area contributed by atoms with Gasteiger partial charge in [-0.25, -0.2) is 4.39 Å². The van der Waals surface area contributed by atoms with E-state index in [1.54, 1.807) is 0 Å². The van der Waals surface area contributed by atoms with Crippen LogP contribution in [0.3, 0.4) is 0 Å². The van der Waals surface area contributed by atoms with Gasteiger partial charge in [-0.15, -0.1) is 0 Å². The van der Waals surface area contributed by atoms with Crippen LogP contribution in [0.25, 0.3) is 0 Å². The van der Waals surface area contributed by atoms with Crippen molar-refractivity contribution in [1.82, 2.24) is 5.32 Å². The Balaban J connectivity index is 2.08. The van der Waals surface area contributed by atoms with Crippen molar-refractivity contribution in [2.24, 2.45) is 11.7 Å². The lowest BCUT2D eigenvalue weighted by Gasteiger charge is -2.13. The van der Waals surface area contributed by atoms with Crippen LogP contribution in [0.2, 0.25) is 0 Å². The summed E-state index contributed by atoms with van der Waals surface area (Å²) in [6.45, 7) is 0.345. The first kappa shape index (κ1) is 14.6. The Bertz CT molecular complexity index is 503. The molecule has 0 heterocycles. The van der Waals surface area contributed by atoms with E-state index in [2.05, 4.69) is 5.32 Å². The summed E-state index contributed by atoms with van der Waals surface area (Å²) < 4.78 is 23.9. The number of hydrogen-bond acceptors (Lipinski definition) is 4. The van der Waals surface area contributed by atoms with Gasteiger partial charge in [0.1, 0.15) is 5.82 Å². The zero-order valence-corrected chi connectivity index (χ0v) is 11.6. The van der Waals surface area contributed by atoms with E-state index in [-0.39, 0.29) is 17.4 Å². The van der Waals surface area contributed by atoms with Gasteiger partial charge in [-0.2, -0.15) is 0 Å². The minimum absolute atomic E-state index is 0.0674. The Morgan fingerprint density at radius 2 is 2.00 bits per heavy atom. The molecule has 0 radical (unpaired) electrons. The number of carbonyl (C=O) groups is 1. The number of hydrogen-bond donors (Lipinski definition) is 2.